The summed E-state index contributed by atoms with van der Waals surface area (Å²) in [5, 5.41) is 9.25. The molecule has 2 aromatic rings. The van der Waals surface area contributed by atoms with Gasteiger partial charge in [-0.25, -0.2) is 4.98 Å². The summed E-state index contributed by atoms with van der Waals surface area (Å²) in [6.45, 7) is 2.17. The molecule has 21 heavy (non-hydrogen) atoms. The first-order valence-electron chi connectivity index (χ1n) is 6.55. The van der Waals surface area contributed by atoms with Crippen LogP contribution in [0.25, 0.3) is 0 Å². The molecule has 0 bridgehead atoms. The van der Waals surface area contributed by atoms with E-state index < -0.39 is 0 Å². The minimum atomic E-state index is -0.253. The predicted molar refractivity (Wildman–Crippen MR) is 77.8 cm³/mol. The Morgan fingerprint density at radius 2 is 2.10 bits per heavy atom. The third kappa shape index (κ3) is 4.13. The minimum Gasteiger partial charge on any atom is -0.350 e. The summed E-state index contributed by atoms with van der Waals surface area (Å²) in [6, 6.07) is 5.22. The highest BCUT2D eigenvalue weighted by Gasteiger charge is 2.10. The summed E-state index contributed by atoms with van der Waals surface area (Å²) in [7, 11) is 1.69. The number of hydrogen-bond acceptors (Lipinski definition) is 4. The zero-order valence-corrected chi connectivity index (χ0v) is 12.0. The van der Waals surface area contributed by atoms with E-state index in [1.807, 2.05) is 13.0 Å². The van der Waals surface area contributed by atoms with Crippen LogP contribution in [0.3, 0.4) is 0 Å². The molecule has 2 aromatic heterocycles. The highest BCUT2D eigenvalue weighted by atomic mass is 16.2. The van der Waals surface area contributed by atoms with E-state index in [4.69, 9.17) is 0 Å². The number of amides is 2. The number of carbonyl (C=O) groups is 2. The van der Waals surface area contributed by atoms with Gasteiger partial charge in [0.1, 0.15) is 11.5 Å². The fraction of sp³-hybridized carbons (Fsp3) is 0.286. The van der Waals surface area contributed by atoms with Gasteiger partial charge in [-0.2, -0.15) is 5.10 Å². The van der Waals surface area contributed by atoms with Gasteiger partial charge in [0.25, 0.3) is 5.91 Å². The lowest BCUT2D eigenvalue weighted by atomic mass is 10.3. The number of anilines is 1. The van der Waals surface area contributed by atoms with Crippen LogP contribution in [0.1, 0.15) is 22.5 Å². The average Bonchev–Trinajstić information content (AvgIpc) is 2.87. The van der Waals surface area contributed by atoms with E-state index in [2.05, 4.69) is 20.7 Å². The number of hydrogen-bond donors (Lipinski definition) is 2. The van der Waals surface area contributed by atoms with Crippen molar-refractivity contribution >= 4 is 17.6 Å². The molecule has 0 radical (unpaired) electrons. The number of pyridine rings is 1. The molecule has 0 aliphatic rings. The first kappa shape index (κ1) is 14.7. The number of carbonyl (C=O) groups excluding carboxylic acids is 2. The highest BCUT2D eigenvalue weighted by Crippen LogP contribution is 2.04. The molecule has 0 saturated heterocycles. The van der Waals surface area contributed by atoms with Gasteiger partial charge in [-0.05, 0) is 24.6 Å². The van der Waals surface area contributed by atoms with Gasteiger partial charge in [0.15, 0.2) is 0 Å². The Labute approximate surface area is 122 Å². The van der Waals surface area contributed by atoms with Gasteiger partial charge in [0, 0.05) is 32.4 Å². The molecule has 0 aliphatic carbocycles. The molecule has 2 N–H and O–H groups in total. The van der Waals surface area contributed by atoms with Crippen molar-refractivity contribution < 1.29 is 9.59 Å². The lowest BCUT2D eigenvalue weighted by Gasteiger charge is -2.06. The molecule has 7 heteroatoms. The first-order chi connectivity index (χ1) is 10.1. The van der Waals surface area contributed by atoms with Gasteiger partial charge in [-0.1, -0.05) is 6.07 Å². The molecule has 0 fully saturated rings. The van der Waals surface area contributed by atoms with Gasteiger partial charge in [-0.3, -0.25) is 14.3 Å². The van der Waals surface area contributed by atoms with Crippen LogP contribution in [0.15, 0.2) is 30.6 Å². The molecule has 7 nitrogen and oxygen atoms in total. The molecule has 0 aliphatic heterocycles. The largest absolute Gasteiger partial charge is 0.350 e. The zero-order valence-electron chi connectivity index (χ0n) is 12.0. The monoisotopic (exact) mass is 287 g/mol. The van der Waals surface area contributed by atoms with E-state index in [1.54, 1.807) is 31.6 Å². The van der Waals surface area contributed by atoms with Gasteiger partial charge in [0.2, 0.25) is 5.91 Å². The lowest BCUT2D eigenvalue weighted by Crippen LogP contribution is -2.29. The van der Waals surface area contributed by atoms with E-state index in [-0.39, 0.29) is 24.8 Å². The number of rotatable bonds is 5. The SMILES string of the molecule is Cc1ccc(NC(=O)CCNC(=O)c2ccnn2C)nc1. The van der Waals surface area contributed by atoms with Crippen molar-refractivity contribution in [2.75, 3.05) is 11.9 Å². The highest BCUT2D eigenvalue weighted by molar-refractivity contribution is 5.93. The summed E-state index contributed by atoms with van der Waals surface area (Å²) >= 11 is 0. The van der Waals surface area contributed by atoms with Crippen LogP contribution in [-0.2, 0) is 11.8 Å². The molecule has 2 rings (SSSR count). The second kappa shape index (κ2) is 6.65. The molecule has 110 valence electrons. The van der Waals surface area contributed by atoms with E-state index >= 15 is 0 Å². The van der Waals surface area contributed by atoms with E-state index in [0.29, 0.717) is 11.5 Å². The van der Waals surface area contributed by atoms with Gasteiger partial charge in [0.05, 0.1) is 0 Å². The topological polar surface area (TPSA) is 88.9 Å². The van der Waals surface area contributed by atoms with Crippen LogP contribution >= 0.6 is 0 Å². The van der Waals surface area contributed by atoms with Crippen molar-refractivity contribution in [2.45, 2.75) is 13.3 Å². The van der Waals surface area contributed by atoms with Gasteiger partial charge in [-0.15, -0.1) is 0 Å². The van der Waals surface area contributed by atoms with Crippen molar-refractivity contribution in [3.05, 3.63) is 41.9 Å². The fourth-order valence-electron chi connectivity index (χ4n) is 1.72. The Bertz CT molecular complexity index is 633. The predicted octanol–water partition coefficient (Wildman–Crippen LogP) is 0.882. The molecule has 0 spiro atoms. The average molecular weight is 287 g/mol. The van der Waals surface area contributed by atoms with Crippen molar-refractivity contribution in [2.24, 2.45) is 7.05 Å². The maximum absolute atomic E-state index is 11.8. The van der Waals surface area contributed by atoms with Gasteiger partial charge >= 0.3 is 0 Å². The summed E-state index contributed by atoms with van der Waals surface area (Å²) in [4.78, 5) is 27.6. The standard InChI is InChI=1S/C14H17N5O2/c1-10-3-4-12(16-9-10)18-13(20)6-7-15-14(21)11-5-8-17-19(11)2/h3-5,8-9H,6-7H2,1-2H3,(H,15,21)(H,16,18,20). The minimum absolute atomic E-state index is 0.180. The molecule has 0 unspecified atom stereocenters. The van der Waals surface area contributed by atoms with Crippen LogP contribution < -0.4 is 10.6 Å². The van der Waals surface area contributed by atoms with Crippen LogP contribution in [0.4, 0.5) is 5.82 Å². The first-order valence-corrected chi connectivity index (χ1v) is 6.55. The second-order valence-electron chi connectivity index (χ2n) is 4.61. The third-order valence-corrected chi connectivity index (χ3v) is 2.87. The van der Waals surface area contributed by atoms with Crippen molar-refractivity contribution in [3.63, 3.8) is 0 Å². The zero-order chi connectivity index (χ0) is 15.2. The van der Waals surface area contributed by atoms with Crippen molar-refractivity contribution in [1.29, 1.82) is 0 Å². The van der Waals surface area contributed by atoms with E-state index in [9.17, 15) is 9.59 Å². The summed E-state index contributed by atoms with van der Waals surface area (Å²) < 4.78 is 1.48. The maximum Gasteiger partial charge on any atom is 0.269 e. The second-order valence-corrected chi connectivity index (χ2v) is 4.61. The number of nitrogens with one attached hydrogen (secondary N) is 2. The Morgan fingerprint density at radius 1 is 1.29 bits per heavy atom. The van der Waals surface area contributed by atoms with Gasteiger partial charge < -0.3 is 10.6 Å². The van der Waals surface area contributed by atoms with Crippen molar-refractivity contribution in [3.8, 4) is 0 Å². The van der Waals surface area contributed by atoms with E-state index in [0.717, 1.165) is 5.56 Å². The maximum atomic E-state index is 11.8. The van der Waals surface area contributed by atoms with E-state index in [1.165, 1.54) is 4.68 Å². The summed E-state index contributed by atoms with van der Waals surface area (Å²) in [5.41, 5.74) is 1.48. The Hall–Kier alpha value is -2.70. The van der Waals surface area contributed by atoms with Crippen molar-refractivity contribution in [1.82, 2.24) is 20.1 Å². The van der Waals surface area contributed by atoms with Crippen LogP contribution in [-0.4, -0.2) is 33.1 Å². The lowest BCUT2D eigenvalue weighted by molar-refractivity contribution is -0.116. The number of aryl methyl sites for hydroxylation is 2. The normalized spacial score (nSPS) is 10.2. The Morgan fingerprint density at radius 3 is 2.71 bits per heavy atom. The van der Waals surface area contributed by atoms with Crippen LogP contribution in [0.5, 0.6) is 0 Å². The fourth-order valence-corrected chi connectivity index (χ4v) is 1.72. The van der Waals surface area contributed by atoms with Crippen LogP contribution in [0, 0.1) is 6.92 Å². The smallest absolute Gasteiger partial charge is 0.269 e. The molecular weight excluding hydrogens is 270 g/mol. The molecule has 0 atom stereocenters. The molecule has 0 saturated carbocycles. The quantitative estimate of drug-likeness (QED) is 0.854. The van der Waals surface area contributed by atoms with Crippen LogP contribution in [0.2, 0.25) is 0 Å². The molecule has 2 amide bonds. The molecule has 0 aromatic carbocycles. The summed E-state index contributed by atoms with van der Waals surface area (Å²) in [6.07, 6.45) is 3.41. The summed E-state index contributed by atoms with van der Waals surface area (Å²) in [5.74, 6) is 0.0523. The third-order valence-electron chi connectivity index (χ3n) is 2.87. The number of aromatic nitrogens is 3. The molecule has 2 heterocycles. The Kier molecular flexibility index (Phi) is 4.65. The molecular formula is C14H17N5O2. The Balaban J connectivity index is 1.76. The number of nitrogens with zero attached hydrogens (tertiary/aromatic N) is 3.